The molecule has 0 spiro atoms. The van der Waals surface area contributed by atoms with E-state index in [-0.39, 0.29) is 5.69 Å². The number of para-hydroxylation sites is 1. The Kier molecular flexibility index (Phi) is 3.51. The molecule has 0 aliphatic rings. The van der Waals surface area contributed by atoms with Crippen LogP contribution in [0, 0.1) is 6.92 Å². The van der Waals surface area contributed by atoms with Crippen molar-refractivity contribution in [2.24, 2.45) is 0 Å². The maximum Gasteiger partial charge on any atom is 0.354 e. The monoisotopic (exact) mass is 344 g/mol. The van der Waals surface area contributed by atoms with Gasteiger partial charge in [-0.2, -0.15) is 0 Å². The molecule has 0 atom stereocenters. The molecule has 0 aliphatic carbocycles. The molecule has 0 radical (unpaired) electrons. The summed E-state index contributed by atoms with van der Waals surface area (Å²) in [6, 6.07) is 11.6. The molecule has 106 valence electrons. The van der Waals surface area contributed by atoms with Gasteiger partial charge in [-0.05, 0) is 46.6 Å². The molecule has 0 bridgehead atoms. The Hall–Kier alpha value is -2.14. The first kappa shape index (κ1) is 13.8. The van der Waals surface area contributed by atoms with Gasteiger partial charge in [0.2, 0.25) is 0 Å². The van der Waals surface area contributed by atoms with Crippen LogP contribution in [0.1, 0.15) is 21.7 Å². The molecule has 3 rings (SSSR count). The summed E-state index contributed by atoms with van der Waals surface area (Å²) < 4.78 is 3.24. The number of aromatic nitrogens is 2. The Balaban J connectivity index is 2.08. The van der Waals surface area contributed by atoms with Crippen LogP contribution in [0.25, 0.3) is 10.9 Å². The molecule has 2 aromatic heterocycles. The number of hydrogen-bond donors (Lipinski definition) is 1. The molecule has 1 aromatic carbocycles. The number of halogens is 1. The normalized spacial score (nSPS) is 11.0. The lowest BCUT2D eigenvalue weighted by atomic mass is 10.2. The highest BCUT2D eigenvalue weighted by atomic mass is 79.9. The zero-order chi connectivity index (χ0) is 15.0. The Morgan fingerprint density at radius 2 is 2.10 bits per heavy atom. The molecule has 0 amide bonds. The fourth-order valence-corrected chi connectivity index (χ4v) is 3.01. The maximum atomic E-state index is 11.0. The van der Waals surface area contributed by atoms with E-state index in [9.17, 15) is 4.79 Å². The number of aromatic carboxylic acids is 1. The summed E-state index contributed by atoms with van der Waals surface area (Å²) in [6.07, 6.45) is 1.54. The third-order valence-corrected chi connectivity index (χ3v) is 4.54. The summed E-state index contributed by atoms with van der Waals surface area (Å²) >= 11 is 3.63. The molecule has 0 saturated heterocycles. The highest BCUT2D eigenvalue weighted by Crippen LogP contribution is 2.30. The number of carbonyl (C=O) groups is 1. The first-order chi connectivity index (χ1) is 10.1. The fourth-order valence-electron chi connectivity index (χ4n) is 2.46. The van der Waals surface area contributed by atoms with E-state index in [0.717, 1.165) is 26.6 Å². The van der Waals surface area contributed by atoms with Gasteiger partial charge in [0.25, 0.3) is 0 Å². The molecule has 0 saturated carbocycles. The average Bonchev–Trinajstić information content (AvgIpc) is 2.73. The van der Waals surface area contributed by atoms with Gasteiger partial charge >= 0.3 is 5.97 Å². The molecule has 0 fully saturated rings. The van der Waals surface area contributed by atoms with Crippen LogP contribution >= 0.6 is 15.9 Å². The van der Waals surface area contributed by atoms with E-state index >= 15 is 0 Å². The van der Waals surface area contributed by atoms with Gasteiger partial charge in [-0.15, -0.1) is 0 Å². The first-order valence-corrected chi connectivity index (χ1v) is 7.29. The van der Waals surface area contributed by atoms with Crippen LogP contribution in [0.4, 0.5) is 0 Å². The number of pyridine rings is 1. The van der Waals surface area contributed by atoms with Gasteiger partial charge in [0.05, 0.1) is 0 Å². The highest BCUT2D eigenvalue weighted by Gasteiger charge is 2.12. The molecule has 0 unspecified atom stereocenters. The van der Waals surface area contributed by atoms with Crippen LogP contribution in [0.5, 0.6) is 0 Å². The van der Waals surface area contributed by atoms with Crippen molar-refractivity contribution in [1.82, 2.24) is 9.55 Å². The van der Waals surface area contributed by atoms with Crippen LogP contribution in [0.3, 0.4) is 0 Å². The summed E-state index contributed by atoms with van der Waals surface area (Å²) in [5.41, 5.74) is 3.22. The minimum Gasteiger partial charge on any atom is -0.477 e. The predicted molar refractivity (Wildman–Crippen MR) is 84.7 cm³/mol. The van der Waals surface area contributed by atoms with Crippen molar-refractivity contribution >= 4 is 32.8 Å². The summed E-state index contributed by atoms with van der Waals surface area (Å²) in [4.78, 5) is 14.9. The van der Waals surface area contributed by atoms with Gasteiger partial charge in [-0.3, -0.25) is 0 Å². The van der Waals surface area contributed by atoms with Crippen molar-refractivity contribution in [3.05, 3.63) is 64.0 Å². The standard InChI is InChI=1S/C16H13BrN2O2/c1-10-15(17)12-4-2-3-5-14(12)19(10)9-11-6-7-18-13(8-11)16(20)21/h2-8H,9H2,1H3,(H,20,21). The van der Waals surface area contributed by atoms with Crippen LogP contribution in [-0.4, -0.2) is 20.6 Å². The van der Waals surface area contributed by atoms with E-state index in [0.29, 0.717) is 6.54 Å². The molecule has 3 aromatic rings. The lowest BCUT2D eigenvalue weighted by Gasteiger charge is -2.09. The molecule has 4 nitrogen and oxygen atoms in total. The number of fused-ring (bicyclic) bond motifs is 1. The maximum absolute atomic E-state index is 11.0. The molecule has 1 N–H and O–H groups in total. The van der Waals surface area contributed by atoms with Crippen molar-refractivity contribution < 1.29 is 9.90 Å². The molecule has 0 aliphatic heterocycles. The first-order valence-electron chi connectivity index (χ1n) is 6.49. The minimum atomic E-state index is -1.01. The van der Waals surface area contributed by atoms with Crippen molar-refractivity contribution in [2.45, 2.75) is 13.5 Å². The SMILES string of the molecule is Cc1c(Br)c2ccccc2n1Cc1ccnc(C(=O)O)c1. The van der Waals surface area contributed by atoms with Crippen LogP contribution in [0.2, 0.25) is 0 Å². The molecule has 5 heteroatoms. The van der Waals surface area contributed by atoms with Crippen LogP contribution < -0.4 is 0 Å². The summed E-state index contributed by atoms with van der Waals surface area (Å²) in [7, 11) is 0. The molecule has 21 heavy (non-hydrogen) atoms. The van der Waals surface area contributed by atoms with Gasteiger partial charge in [0, 0.05) is 33.8 Å². The second-order valence-corrected chi connectivity index (χ2v) is 5.65. The van der Waals surface area contributed by atoms with E-state index in [4.69, 9.17) is 5.11 Å². The van der Waals surface area contributed by atoms with Gasteiger partial charge in [-0.1, -0.05) is 18.2 Å². The topological polar surface area (TPSA) is 55.1 Å². The smallest absolute Gasteiger partial charge is 0.354 e. The average molecular weight is 345 g/mol. The Bertz CT molecular complexity index is 839. The Morgan fingerprint density at radius 1 is 1.33 bits per heavy atom. The number of rotatable bonds is 3. The summed E-state index contributed by atoms with van der Waals surface area (Å²) in [5, 5.41) is 10.2. The highest BCUT2D eigenvalue weighted by molar-refractivity contribution is 9.10. The lowest BCUT2D eigenvalue weighted by Crippen LogP contribution is -2.05. The minimum absolute atomic E-state index is 0.0701. The van der Waals surface area contributed by atoms with E-state index in [1.807, 2.05) is 25.1 Å². The van der Waals surface area contributed by atoms with Gasteiger partial charge < -0.3 is 9.67 Å². The molecular formula is C16H13BrN2O2. The largest absolute Gasteiger partial charge is 0.477 e. The predicted octanol–water partition coefficient (Wildman–Crippen LogP) is 3.85. The Morgan fingerprint density at radius 3 is 2.86 bits per heavy atom. The summed E-state index contributed by atoms with van der Waals surface area (Å²) in [6.45, 7) is 2.66. The molecular weight excluding hydrogens is 332 g/mol. The Labute approximate surface area is 130 Å². The van der Waals surface area contributed by atoms with Crippen molar-refractivity contribution in [1.29, 1.82) is 0 Å². The van der Waals surface area contributed by atoms with E-state index in [1.165, 1.54) is 6.20 Å². The number of nitrogens with zero attached hydrogens (tertiary/aromatic N) is 2. The van der Waals surface area contributed by atoms with Crippen molar-refractivity contribution in [2.75, 3.05) is 0 Å². The fraction of sp³-hybridized carbons (Fsp3) is 0.125. The zero-order valence-electron chi connectivity index (χ0n) is 11.4. The molecule has 2 heterocycles. The quantitative estimate of drug-likeness (QED) is 0.784. The van der Waals surface area contributed by atoms with E-state index in [2.05, 4.69) is 37.6 Å². The van der Waals surface area contributed by atoms with Gasteiger partial charge in [0.15, 0.2) is 0 Å². The summed E-state index contributed by atoms with van der Waals surface area (Å²) in [5.74, 6) is -1.01. The van der Waals surface area contributed by atoms with Crippen molar-refractivity contribution in [3.8, 4) is 0 Å². The number of hydrogen-bond acceptors (Lipinski definition) is 2. The number of carboxylic acid groups (broad SMARTS) is 1. The third-order valence-electron chi connectivity index (χ3n) is 3.54. The number of carboxylic acids is 1. The van der Waals surface area contributed by atoms with Crippen LogP contribution in [-0.2, 0) is 6.54 Å². The lowest BCUT2D eigenvalue weighted by molar-refractivity contribution is 0.0690. The zero-order valence-corrected chi connectivity index (χ0v) is 13.0. The second kappa shape index (κ2) is 5.33. The third kappa shape index (κ3) is 2.45. The van der Waals surface area contributed by atoms with E-state index < -0.39 is 5.97 Å². The second-order valence-electron chi connectivity index (χ2n) is 4.86. The van der Waals surface area contributed by atoms with Gasteiger partial charge in [0.1, 0.15) is 5.69 Å². The van der Waals surface area contributed by atoms with Crippen LogP contribution in [0.15, 0.2) is 47.1 Å². The van der Waals surface area contributed by atoms with Gasteiger partial charge in [-0.25, -0.2) is 9.78 Å². The van der Waals surface area contributed by atoms with Crippen molar-refractivity contribution in [3.63, 3.8) is 0 Å². The number of benzene rings is 1. The van der Waals surface area contributed by atoms with E-state index in [1.54, 1.807) is 6.07 Å².